The van der Waals surface area contributed by atoms with Crippen molar-refractivity contribution >= 4 is 5.78 Å². The van der Waals surface area contributed by atoms with E-state index < -0.39 is 24.6 Å². The summed E-state index contributed by atoms with van der Waals surface area (Å²) >= 11 is 0. The first kappa shape index (κ1) is 14.1. The highest BCUT2D eigenvalue weighted by Gasteiger charge is 2.47. The number of aliphatic hydroxyl groups is 3. The third kappa shape index (κ3) is 2.83. The summed E-state index contributed by atoms with van der Waals surface area (Å²) in [6.07, 6.45) is -2.65. The standard InChI is InChI=1S/C13H16O6/c14-8-13(17,12-18-6-10(15)7-19-12)11(16)9-4-2-1-3-5-9/h1-5,11-12,14,16-17H,6-8H2. The predicted molar refractivity (Wildman–Crippen MR) is 64.1 cm³/mol. The van der Waals surface area contributed by atoms with Crippen molar-refractivity contribution in [2.45, 2.75) is 18.0 Å². The summed E-state index contributed by atoms with van der Waals surface area (Å²) in [4.78, 5) is 11.0. The Hall–Kier alpha value is -1.31. The Bertz CT molecular complexity index is 424. The van der Waals surface area contributed by atoms with Gasteiger partial charge >= 0.3 is 0 Å². The van der Waals surface area contributed by atoms with Gasteiger partial charge in [0.25, 0.3) is 0 Å². The molecular formula is C13H16O6. The Morgan fingerprint density at radius 2 is 1.84 bits per heavy atom. The van der Waals surface area contributed by atoms with Crippen LogP contribution in [0.1, 0.15) is 11.7 Å². The molecule has 0 bridgehead atoms. The van der Waals surface area contributed by atoms with Crippen LogP contribution in [0.5, 0.6) is 0 Å². The number of hydrogen-bond donors (Lipinski definition) is 3. The normalized spacial score (nSPS) is 21.9. The molecule has 2 rings (SSSR count). The van der Waals surface area contributed by atoms with Gasteiger partial charge in [-0.25, -0.2) is 0 Å². The van der Waals surface area contributed by atoms with Crippen LogP contribution in [0.15, 0.2) is 30.3 Å². The van der Waals surface area contributed by atoms with Crippen LogP contribution in [0.25, 0.3) is 0 Å². The van der Waals surface area contributed by atoms with Crippen LogP contribution in [0.3, 0.4) is 0 Å². The average molecular weight is 268 g/mol. The molecule has 2 unspecified atom stereocenters. The summed E-state index contributed by atoms with van der Waals surface area (Å²) in [7, 11) is 0. The van der Waals surface area contributed by atoms with Gasteiger partial charge in [0.05, 0.1) is 6.61 Å². The molecule has 1 aliphatic rings. The van der Waals surface area contributed by atoms with E-state index in [-0.39, 0.29) is 19.0 Å². The van der Waals surface area contributed by atoms with Crippen molar-refractivity contribution in [3.8, 4) is 0 Å². The average Bonchev–Trinajstić information content (AvgIpc) is 2.47. The van der Waals surface area contributed by atoms with Crippen molar-refractivity contribution in [2.24, 2.45) is 0 Å². The summed E-state index contributed by atoms with van der Waals surface area (Å²) < 4.78 is 10.1. The topological polar surface area (TPSA) is 96.2 Å². The van der Waals surface area contributed by atoms with E-state index in [1.54, 1.807) is 30.3 Å². The molecule has 3 N–H and O–H groups in total. The molecule has 6 nitrogen and oxygen atoms in total. The van der Waals surface area contributed by atoms with Gasteiger partial charge in [-0.15, -0.1) is 0 Å². The summed E-state index contributed by atoms with van der Waals surface area (Å²) in [6, 6.07) is 8.38. The largest absolute Gasteiger partial charge is 0.393 e. The van der Waals surface area contributed by atoms with Crippen LogP contribution in [0, 0.1) is 0 Å². The molecule has 1 heterocycles. The SMILES string of the molecule is O=C1COC(C(O)(CO)C(O)c2ccccc2)OC1. The highest BCUT2D eigenvalue weighted by molar-refractivity contribution is 5.81. The summed E-state index contributed by atoms with van der Waals surface area (Å²) in [5.41, 5.74) is -1.61. The Labute approximate surface area is 110 Å². The Morgan fingerprint density at radius 3 is 2.37 bits per heavy atom. The zero-order chi connectivity index (χ0) is 13.9. The van der Waals surface area contributed by atoms with Crippen molar-refractivity contribution in [3.05, 3.63) is 35.9 Å². The van der Waals surface area contributed by atoms with Gasteiger partial charge in [-0.3, -0.25) is 4.79 Å². The molecule has 1 aliphatic heterocycles. The number of rotatable bonds is 4. The molecule has 0 aliphatic carbocycles. The van der Waals surface area contributed by atoms with E-state index in [4.69, 9.17) is 9.47 Å². The van der Waals surface area contributed by atoms with E-state index in [1.807, 2.05) is 0 Å². The number of ether oxygens (including phenoxy) is 2. The lowest BCUT2D eigenvalue weighted by Crippen LogP contribution is -2.55. The molecule has 0 saturated carbocycles. The van der Waals surface area contributed by atoms with Gasteiger partial charge in [-0.05, 0) is 5.56 Å². The molecule has 2 atom stereocenters. The lowest BCUT2D eigenvalue weighted by Gasteiger charge is -2.39. The molecule has 6 heteroatoms. The van der Waals surface area contributed by atoms with E-state index in [0.29, 0.717) is 5.56 Å². The lowest BCUT2D eigenvalue weighted by atomic mass is 9.90. The number of benzene rings is 1. The number of carbonyl (C=O) groups is 1. The van der Waals surface area contributed by atoms with Crippen LogP contribution >= 0.6 is 0 Å². The maximum absolute atomic E-state index is 11.0. The maximum Gasteiger partial charge on any atom is 0.192 e. The number of ketones is 1. The third-order valence-electron chi connectivity index (χ3n) is 3.04. The zero-order valence-corrected chi connectivity index (χ0v) is 10.2. The fourth-order valence-electron chi connectivity index (χ4n) is 1.93. The number of carbonyl (C=O) groups excluding carboxylic acids is 1. The molecule has 0 radical (unpaired) electrons. The molecule has 104 valence electrons. The minimum Gasteiger partial charge on any atom is -0.393 e. The third-order valence-corrected chi connectivity index (χ3v) is 3.04. The van der Waals surface area contributed by atoms with Gasteiger partial charge in [-0.1, -0.05) is 30.3 Å². The van der Waals surface area contributed by atoms with Gasteiger partial charge in [0.1, 0.15) is 19.3 Å². The second-order valence-electron chi connectivity index (χ2n) is 4.46. The van der Waals surface area contributed by atoms with Crippen LogP contribution in [-0.2, 0) is 14.3 Å². The molecule has 1 fully saturated rings. The minimum absolute atomic E-state index is 0.214. The van der Waals surface area contributed by atoms with Crippen LogP contribution in [-0.4, -0.2) is 52.8 Å². The second kappa shape index (κ2) is 5.77. The van der Waals surface area contributed by atoms with Crippen LogP contribution in [0.4, 0.5) is 0 Å². The van der Waals surface area contributed by atoms with Crippen LogP contribution < -0.4 is 0 Å². The van der Waals surface area contributed by atoms with Crippen molar-refractivity contribution < 1.29 is 29.6 Å². The second-order valence-corrected chi connectivity index (χ2v) is 4.46. The van der Waals surface area contributed by atoms with Gasteiger partial charge in [0.15, 0.2) is 17.7 Å². The zero-order valence-electron chi connectivity index (χ0n) is 10.2. The summed E-state index contributed by atoms with van der Waals surface area (Å²) in [6.45, 7) is -1.19. The quantitative estimate of drug-likeness (QED) is 0.674. The number of hydrogen-bond acceptors (Lipinski definition) is 6. The monoisotopic (exact) mass is 268 g/mol. The fourth-order valence-corrected chi connectivity index (χ4v) is 1.93. The van der Waals surface area contributed by atoms with Gasteiger partial charge in [0.2, 0.25) is 0 Å². The molecule has 0 amide bonds. The molecule has 1 aromatic carbocycles. The predicted octanol–water partition coefficient (Wildman–Crippen LogP) is -0.615. The van der Waals surface area contributed by atoms with E-state index in [1.165, 1.54) is 0 Å². The van der Waals surface area contributed by atoms with Gasteiger partial charge < -0.3 is 24.8 Å². The van der Waals surface area contributed by atoms with E-state index in [0.717, 1.165) is 0 Å². The minimum atomic E-state index is -2.03. The van der Waals surface area contributed by atoms with E-state index in [2.05, 4.69) is 0 Å². The smallest absolute Gasteiger partial charge is 0.192 e. The van der Waals surface area contributed by atoms with Crippen LogP contribution in [0.2, 0.25) is 0 Å². The summed E-state index contributed by atoms with van der Waals surface area (Å²) in [5, 5.41) is 30.0. The summed E-state index contributed by atoms with van der Waals surface area (Å²) in [5.74, 6) is -0.259. The number of aliphatic hydroxyl groups excluding tert-OH is 2. The van der Waals surface area contributed by atoms with Crippen molar-refractivity contribution in [1.29, 1.82) is 0 Å². The van der Waals surface area contributed by atoms with Crippen molar-refractivity contribution in [3.63, 3.8) is 0 Å². The molecule has 0 aromatic heterocycles. The first-order valence-corrected chi connectivity index (χ1v) is 5.89. The highest BCUT2D eigenvalue weighted by Crippen LogP contribution is 2.31. The Balaban J connectivity index is 2.19. The molecule has 0 spiro atoms. The Kier molecular flexibility index (Phi) is 4.28. The fraction of sp³-hybridized carbons (Fsp3) is 0.462. The Morgan fingerprint density at radius 1 is 1.26 bits per heavy atom. The molecule has 1 aromatic rings. The molecule has 1 saturated heterocycles. The lowest BCUT2D eigenvalue weighted by molar-refractivity contribution is -0.285. The van der Waals surface area contributed by atoms with Crippen molar-refractivity contribution in [1.82, 2.24) is 0 Å². The van der Waals surface area contributed by atoms with Gasteiger partial charge in [0, 0.05) is 0 Å². The van der Waals surface area contributed by atoms with E-state index in [9.17, 15) is 20.1 Å². The first-order chi connectivity index (χ1) is 9.08. The van der Waals surface area contributed by atoms with Crippen molar-refractivity contribution in [2.75, 3.05) is 19.8 Å². The number of Topliss-reactive ketones (excluding diaryl/α,β-unsaturated/α-hetero) is 1. The maximum atomic E-state index is 11.0. The van der Waals surface area contributed by atoms with E-state index >= 15 is 0 Å². The first-order valence-electron chi connectivity index (χ1n) is 5.89. The highest BCUT2D eigenvalue weighted by atomic mass is 16.7. The molecule has 19 heavy (non-hydrogen) atoms. The van der Waals surface area contributed by atoms with Gasteiger partial charge in [-0.2, -0.15) is 0 Å². The molecular weight excluding hydrogens is 252 g/mol.